The molecule has 1 amide bonds. The summed E-state index contributed by atoms with van der Waals surface area (Å²) in [6.45, 7) is 2.65. The molecule has 1 unspecified atom stereocenters. The molecule has 0 aliphatic carbocycles. The molecule has 0 spiro atoms. The van der Waals surface area contributed by atoms with E-state index < -0.39 is 12.0 Å². The lowest BCUT2D eigenvalue weighted by Crippen LogP contribution is -2.38. The Labute approximate surface area is 202 Å². The third-order valence-corrected chi connectivity index (χ3v) is 6.48. The summed E-state index contributed by atoms with van der Waals surface area (Å²) in [4.78, 5) is 34.4. The maximum Gasteiger partial charge on any atom is 0.338 e. The second kappa shape index (κ2) is 10.8. The van der Waals surface area contributed by atoms with Gasteiger partial charge in [-0.25, -0.2) is 9.79 Å². The number of fused-ring (bicyclic) bond motifs is 1. The minimum absolute atomic E-state index is 0.0631. The SMILES string of the molecule is COCCOC(=O)C1=C(C)N=C2SC=C(CC(=O)N(C)Cc3ccco3)N2C1c1ccccc1. The number of allylic oxidation sites excluding steroid dienone is 1. The average molecular weight is 482 g/mol. The van der Waals surface area contributed by atoms with Crippen LogP contribution in [0.25, 0.3) is 0 Å². The van der Waals surface area contributed by atoms with E-state index in [1.807, 2.05) is 53.6 Å². The van der Waals surface area contributed by atoms with E-state index in [4.69, 9.17) is 13.9 Å². The fourth-order valence-corrected chi connectivity index (χ4v) is 4.86. The summed E-state index contributed by atoms with van der Waals surface area (Å²) < 4.78 is 15.9. The predicted molar refractivity (Wildman–Crippen MR) is 129 cm³/mol. The molecule has 1 aromatic carbocycles. The standard InChI is InChI=1S/C25H27N3O5S/c1-17-22(24(30)33-13-12-31-3)23(18-8-5-4-6-9-18)28-19(16-34-25(28)26-17)14-21(29)27(2)15-20-10-7-11-32-20/h4-11,16,23H,12-15H2,1-3H3. The molecule has 0 N–H and O–H groups in total. The number of esters is 1. The molecular formula is C25H27N3O5S. The number of rotatable bonds is 9. The summed E-state index contributed by atoms with van der Waals surface area (Å²) in [5.74, 6) is 0.211. The molecule has 2 aromatic rings. The largest absolute Gasteiger partial charge is 0.467 e. The van der Waals surface area contributed by atoms with Crippen LogP contribution in [0.15, 0.2) is 80.5 Å². The van der Waals surface area contributed by atoms with Crippen molar-refractivity contribution in [1.29, 1.82) is 0 Å². The molecule has 0 saturated heterocycles. The van der Waals surface area contributed by atoms with Crippen LogP contribution >= 0.6 is 11.8 Å². The van der Waals surface area contributed by atoms with Gasteiger partial charge in [0.05, 0.1) is 43.1 Å². The molecule has 2 aliphatic rings. The van der Waals surface area contributed by atoms with Crippen LogP contribution in [0.3, 0.4) is 0 Å². The number of carbonyl (C=O) groups is 2. The third kappa shape index (κ3) is 5.10. The Morgan fingerprint density at radius 3 is 2.68 bits per heavy atom. The lowest BCUT2D eigenvalue weighted by molar-refractivity contribution is -0.141. The summed E-state index contributed by atoms with van der Waals surface area (Å²) in [6, 6.07) is 12.9. The van der Waals surface area contributed by atoms with E-state index in [1.54, 1.807) is 31.4 Å². The van der Waals surface area contributed by atoms with Crippen LogP contribution in [0, 0.1) is 0 Å². The number of carbonyl (C=O) groups excluding carboxylic acids is 2. The van der Waals surface area contributed by atoms with Crippen molar-refractivity contribution in [2.24, 2.45) is 4.99 Å². The van der Waals surface area contributed by atoms with Gasteiger partial charge in [-0.05, 0) is 30.0 Å². The molecule has 4 rings (SSSR count). The van der Waals surface area contributed by atoms with Crippen LogP contribution < -0.4 is 0 Å². The van der Waals surface area contributed by atoms with E-state index in [-0.39, 0.29) is 18.9 Å². The van der Waals surface area contributed by atoms with Crippen molar-refractivity contribution in [3.05, 3.63) is 82.4 Å². The Hall–Kier alpha value is -3.30. The number of hydrogen-bond acceptors (Lipinski definition) is 8. The summed E-state index contributed by atoms with van der Waals surface area (Å²) in [6.07, 6.45) is 1.75. The van der Waals surface area contributed by atoms with Crippen molar-refractivity contribution in [2.45, 2.75) is 25.9 Å². The minimum atomic E-state index is -0.451. The number of nitrogens with zero attached hydrogens (tertiary/aromatic N) is 3. The number of furan rings is 1. The number of amidine groups is 1. The number of benzene rings is 1. The number of ether oxygens (including phenoxy) is 2. The zero-order valence-electron chi connectivity index (χ0n) is 19.4. The van der Waals surface area contributed by atoms with Gasteiger partial charge in [-0.15, -0.1) is 0 Å². The molecule has 1 aromatic heterocycles. The van der Waals surface area contributed by atoms with E-state index in [1.165, 1.54) is 11.8 Å². The van der Waals surface area contributed by atoms with Crippen LogP contribution in [-0.2, 0) is 25.6 Å². The second-order valence-corrected chi connectivity index (χ2v) is 8.77. The first-order valence-corrected chi connectivity index (χ1v) is 11.8. The summed E-state index contributed by atoms with van der Waals surface area (Å²) >= 11 is 1.45. The predicted octanol–water partition coefficient (Wildman–Crippen LogP) is 4.09. The van der Waals surface area contributed by atoms with Crippen molar-refractivity contribution in [3.63, 3.8) is 0 Å². The number of aliphatic imine (C=N–C) groups is 1. The van der Waals surface area contributed by atoms with Gasteiger partial charge in [-0.3, -0.25) is 4.79 Å². The molecule has 1 atom stereocenters. The van der Waals surface area contributed by atoms with E-state index in [2.05, 4.69) is 4.99 Å². The molecule has 0 fully saturated rings. The van der Waals surface area contributed by atoms with Gasteiger partial charge in [0.15, 0.2) is 5.17 Å². The van der Waals surface area contributed by atoms with Crippen LogP contribution in [0.4, 0.5) is 0 Å². The topological polar surface area (TPSA) is 84.6 Å². The van der Waals surface area contributed by atoms with Crippen LogP contribution in [-0.4, -0.2) is 54.2 Å². The first-order chi connectivity index (χ1) is 16.5. The first-order valence-electron chi connectivity index (χ1n) is 10.9. The molecule has 2 aliphatic heterocycles. The summed E-state index contributed by atoms with van der Waals surface area (Å²) in [7, 11) is 3.30. The molecular weight excluding hydrogens is 454 g/mol. The fraction of sp³-hybridized carbons (Fsp3) is 0.320. The molecule has 3 heterocycles. The molecule has 34 heavy (non-hydrogen) atoms. The van der Waals surface area contributed by atoms with Gasteiger partial charge in [-0.1, -0.05) is 42.1 Å². The first kappa shape index (κ1) is 23.8. The highest BCUT2D eigenvalue weighted by molar-refractivity contribution is 8.16. The Bertz CT molecular complexity index is 1120. The number of thioether (sulfide) groups is 1. The van der Waals surface area contributed by atoms with Gasteiger partial charge >= 0.3 is 5.97 Å². The monoisotopic (exact) mass is 481 g/mol. The number of methoxy groups -OCH3 is 1. The quantitative estimate of drug-likeness (QED) is 0.394. The highest BCUT2D eigenvalue weighted by atomic mass is 32.2. The van der Waals surface area contributed by atoms with Crippen molar-refractivity contribution in [2.75, 3.05) is 27.4 Å². The Morgan fingerprint density at radius 2 is 1.97 bits per heavy atom. The van der Waals surface area contributed by atoms with E-state index in [0.29, 0.717) is 30.2 Å². The maximum atomic E-state index is 13.1. The smallest absolute Gasteiger partial charge is 0.338 e. The lowest BCUT2D eigenvalue weighted by atomic mass is 9.94. The molecule has 0 radical (unpaired) electrons. The highest BCUT2D eigenvalue weighted by Gasteiger charge is 2.41. The zero-order chi connectivity index (χ0) is 24.1. The summed E-state index contributed by atoms with van der Waals surface area (Å²) in [5.41, 5.74) is 2.75. The molecule has 9 heteroatoms. The molecule has 178 valence electrons. The Balaban J connectivity index is 1.60. The van der Waals surface area contributed by atoms with Crippen molar-refractivity contribution >= 4 is 28.8 Å². The maximum absolute atomic E-state index is 13.1. The van der Waals surface area contributed by atoms with E-state index in [9.17, 15) is 9.59 Å². The van der Waals surface area contributed by atoms with Crippen molar-refractivity contribution in [3.8, 4) is 0 Å². The molecule has 0 saturated carbocycles. The zero-order valence-corrected chi connectivity index (χ0v) is 20.2. The third-order valence-electron chi connectivity index (χ3n) is 5.59. The van der Waals surface area contributed by atoms with Crippen molar-refractivity contribution in [1.82, 2.24) is 9.80 Å². The normalized spacial score (nSPS) is 17.3. The van der Waals surface area contributed by atoms with Crippen molar-refractivity contribution < 1.29 is 23.5 Å². The lowest BCUT2D eigenvalue weighted by Gasteiger charge is -2.36. The molecule has 0 bridgehead atoms. The van der Waals surface area contributed by atoms with Crippen LogP contribution in [0.2, 0.25) is 0 Å². The Morgan fingerprint density at radius 1 is 1.18 bits per heavy atom. The van der Waals surface area contributed by atoms with Gasteiger partial charge in [0.1, 0.15) is 12.4 Å². The van der Waals surface area contributed by atoms with Gasteiger partial charge in [0.25, 0.3) is 0 Å². The fourth-order valence-electron chi connectivity index (χ4n) is 3.89. The second-order valence-electron chi connectivity index (χ2n) is 7.94. The number of amides is 1. The minimum Gasteiger partial charge on any atom is -0.467 e. The summed E-state index contributed by atoms with van der Waals surface area (Å²) in [5, 5.41) is 2.66. The van der Waals surface area contributed by atoms with Crippen LogP contribution in [0.1, 0.15) is 30.7 Å². The van der Waals surface area contributed by atoms with Gasteiger partial charge in [-0.2, -0.15) is 0 Å². The molecule has 8 nitrogen and oxygen atoms in total. The average Bonchev–Trinajstić information content (AvgIpc) is 3.48. The number of hydrogen-bond donors (Lipinski definition) is 0. The van der Waals surface area contributed by atoms with Crippen LogP contribution in [0.5, 0.6) is 0 Å². The van der Waals surface area contributed by atoms with Gasteiger partial charge in [0.2, 0.25) is 5.91 Å². The van der Waals surface area contributed by atoms with Gasteiger partial charge in [0, 0.05) is 19.9 Å². The highest BCUT2D eigenvalue weighted by Crippen LogP contribution is 2.44. The Kier molecular flexibility index (Phi) is 7.54. The van der Waals surface area contributed by atoms with E-state index >= 15 is 0 Å². The van der Waals surface area contributed by atoms with Gasteiger partial charge < -0.3 is 23.7 Å². The van der Waals surface area contributed by atoms with E-state index in [0.717, 1.165) is 16.4 Å².